The summed E-state index contributed by atoms with van der Waals surface area (Å²) in [5.74, 6) is 1.96. The molecule has 0 aliphatic heterocycles. The molecule has 0 radical (unpaired) electrons. The molecule has 0 bridgehead atoms. The molecule has 0 saturated heterocycles. The molecule has 112 valence electrons. The first-order chi connectivity index (χ1) is 9.49. The highest BCUT2D eigenvalue weighted by atomic mass is 32.2. The predicted octanol–water partition coefficient (Wildman–Crippen LogP) is 2.80. The molecule has 3 nitrogen and oxygen atoms in total. The van der Waals surface area contributed by atoms with E-state index in [1.54, 1.807) is 0 Å². The van der Waals surface area contributed by atoms with E-state index in [4.69, 9.17) is 0 Å². The molecule has 0 aromatic heterocycles. The zero-order chi connectivity index (χ0) is 15.0. The summed E-state index contributed by atoms with van der Waals surface area (Å²) in [6.45, 7) is 8.41. The second-order valence-electron chi connectivity index (χ2n) is 5.60. The van der Waals surface area contributed by atoms with Gasteiger partial charge in [-0.15, -0.1) is 0 Å². The fourth-order valence-corrected chi connectivity index (χ4v) is 2.21. The summed E-state index contributed by atoms with van der Waals surface area (Å²) < 4.78 is 0. The second-order valence-corrected chi connectivity index (χ2v) is 6.58. The zero-order valence-corrected chi connectivity index (χ0v) is 14.1. The number of nitrogens with zero attached hydrogens (tertiary/aromatic N) is 1. The van der Waals surface area contributed by atoms with Gasteiger partial charge in [0.15, 0.2) is 5.96 Å². The van der Waals surface area contributed by atoms with E-state index in [0.29, 0.717) is 0 Å². The molecule has 0 aliphatic rings. The Morgan fingerprint density at radius 1 is 1.20 bits per heavy atom. The number of benzene rings is 1. The summed E-state index contributed by atoms with van der Waals surface area (Å²) in [4.78, 5) is 4.26. The number of aliphatic imine (C=N–C) groups is 1. The van der Waals surface area contributed by atoms with E-state index in [1.807, 2.05) is 18.8 Å². The third-order valence-corrected chi connectivity index (χ3v) is 3.97. The van der Waals surface area contributed by atoms with Crippen LogP contribution in [0.3, 0.4) is 0 Å². The third-order valence-electron chi connectivity index (χ3n) is 3.35. The molecule has 0 atom stereocenters. The quantitative estimate of drug-likeness (QED) is 0.481. The largest absolute Gasteiger partial charge is 0.356 e. The Morgan fingerprint density at radius 2 is 1.85 bits per heavy atom. The molecule has 0 spiro atoms. The molecular formula is C16H27N3S. The standard InChI is InChI=1S/C16H27N3S/c1-13-6-8-14(9-7-13)16(2,3)12-19-15(17-4)18-10-11-20-5/h6-9H,10-12H2,1-5H3,(H2,17,18,19). The van der Waals surface area contributed by atoms with Gasteiger partial charge in [-0.05, 0) is 18.7 Å². The lowest BCUT2D eigenvalue weighted by molar-refractivity contribution is 0.509. The van der Waals surface area contributed by atoms with Crippen molar-refractivity contribution in [3.63, 3.8) is 0 Å². The molecule has 0 amide bonds. The Hall–Kier alpha value is -1.16. The molecule has 4 heteroatoms. The number of hydrogen-bond donors (Lipinski definition) is 2. The van der Waals surface area contributed by atoms with Crippen LogP contribution in [0.5, 0.6) is 0 Å². The molecule has 0 unspecified atom stereocenters. The van der Waals surface area contributed by atoms with Crippen LogP contribution in [0.2, 0.25) is 0 Å². The fourth-order valence-electron chi connectivity index (χ4n) is 1.90. The van der Waals surface area contributed by atoms with Crippen LogP contribution in [-0.2, 0) is 5.41 Å². The Morgan fingerprint density at radius 3 is 2.40 bits per heavy atom. The van der Waals surface area contributed by atoms with Gasteiger partial charge in [-0.2, -0.15) is 11.8 Å². The number of nitrogens with one attached hydrogen (secondary N) is 2. The van der Waals surface area contributed by atoms with Gasteiger partial charge < -0.3 is 10.6 Å². The normalized spacial score (nSPS) is 12.3. The van der Waals surface area contributed by atoms with Crippen molar-refractivity contribution in [3.8, 4) is 0 Å². The zero-order valence-electron chi connectivity index (χ0n) is 13.3. The van der Waals surface area contributed by atoms with Crippen molar-refractivity contribution >= 4 is 17.7 Å². The smallest absolute Gasteiger partial charge is 0.191 e. The summed E-state index contributed by atoms with van der Waals surface area (Å²) in [5.41, 5.74) is 2.72. The van der Waals surface area contributed by atoms with Gasteiger partial charge in [-0.3, -0.25) is 4.99 Å². The van der Waals surface area contributed by atoms with Gasteiger partial charge in [0.1, 0.15) is 0 Å². The van der Waals surface area contributed by atoms with Crippen LogP contribution >= 0.6 is 11.8 Å². The Balaban J connectivity index is 2.55. The molecule has 20 heavy (non-hydrogen) atoms. The van der Waals surface area contributed by atoms with Crippen molar-refractivity contribution < 1.29 is 0 Å². The third kappa shape index (κ3) is 5.45. The van der Waals surface area contributed by atoms with E-state index in [0.717, 1.165) is 24.8 Å². The second kappa shape index (κ2) is 8.20. The van der Waals surface area contributed by atoms with Crippen molar-refractivity contribution in [2.24, 2.45) is 4.99 Å². The fraction of sp³-hybridized carbons (Fsp3) is 0.562. The first kappa shape index (κ1) is 16.9. The SMILES string of the molecule is CN=C(NCCSC)NCC(C)(C)c1ccc(C)cc1. The number of thioether (sulfide) groups is 1. The van der Waals surface area contributed by atoms with Crippen LogP contribution in [0.15, 0.2) is 29.3 Å². The molecule has 0 heterocycles. The van der Waals surface area contributed by atoms with E-state index in [2.05, 4.69) is 66.9 Å². The summed E-state index contributed by atoms with van der Waals surface area (Å²) >= 11 is 1.83. The first-order valence-corrected chi connectivity index (χ1v) is 8.39. The number of hydrogen-bond acceptors (Lipinski definition) is 2. The molecule has 1 rings (SSSR count). The monoisotopic (exact) mass is 293 g/mol. The van der Waals surface area contributed by atoms with Gasteiger partial charge in [0.05, 0.1) is 0 Å². The molecule has 0 saturated carbocycles. The minimum Gasteiger partial charge on any atom is -0.356 e. The topological polar surface area (TPSA) is 36.4 Å². The molecule has 0 fully saturated rings. The van der Waals surface area contributed by atoms with E-state index in [1.165, 1.54) is 11.1 Å². The summed E-state index contributed by atoms with van der Waals surface area (Å²) in [6, 6.07) is 8.76. The molecule has 0 aliphatic carbocycles. The van der Waals surface area contributed by atoms with Crippen LogP contribution in [0.4, 0.5) is 0 Å². The van der Waals surface area contributed by atoms with Crippen LogP contribution in [0.1, 0.15) is 25.0 Å². The summed E-state index contributed by atoms with van der Waals surface area (Å²) in [6.07, 6.45) is 2.11. The number of guanidine groups is 1. The van der Waals surface area contributed by atoms with Crippen LogP contribution in [0.25, 0.3) is 0 Å². The maximum atomic E-state index is 4.26. The average molecular weight is 293 g/mol. The van der Waals surface area contributed by atoms with Gasteiger partial charge in [-0.25, -0.2) is 0 Å². The number of aryl methyl sites for hydroxylation is 1. The summed E-state index contributed by atoms with van der Waals surface area (Å²) in [7, 11) is 1.81. The summed E-state index contributed by atoms with van der Waals surface area (Å²) in [5, 5.41) is 6.73. The minimum atomic E-state index is 0.0742. The Bertz CT molecular complexity index is 424. The minimum absolute atomic E-state index is 0.0742. The van der Waals surface area contributed by atoms with E-state index in [-0.39, 0.29) is 5.41 Å². The van der Waals surface area contributed by atoms with Gasteiger partial charge in [0.25, 0.3) is 0 Å². The molecule has 1 aromatic rings. The molecule has 2 N–H and O–H groups in total. The van der Waals surface area contributed by atoms with Crippen molar-refractivity contribution in [1.29, 1.82) is 0 Å². The van der Waals surface area contributed by atoms with Crippen molar-refractivity contribution in [2.75, 3.05) is 32.1 Å². The lowest BCUT2D eigenvalue weighted by Crippen LogP contribution is -2.44. The van der Waals surface area contributed by atoms with Gasteiger partial charge in [0, 0.05) is 31.3 Å². The van der Waals surface area contributed by atoms with Crippen molar-refractivity contribution in [2.45, 2.75) is 26.2 Å². The van der Waals surface area contributed by atoms with Crippen LogP contribution in [0, 0.1) is 6.92 Å². The highest BCUT2D eigenvalue weighted by Gasteiger charge is 2.20. The van der Waals surface area contributed by atoms with Gasteiger partial charge in [-0.1, -0.05) is 43.7 Å². The lowest BCUT2D eigenvalue weighted by Gasteiger charge is -2.27. The Labute approximate surface area is 127 Å². The van der Waals surface area contributed by atoms with Crippen molar-refractivity contribution in [1.82, 2.24) is 10.6 Å². The highest BCUT2D eigenvalue weighted by Crippen LogP contribution is 2.22. The maximum absolute atomic E-state index is 4.26. The highest BCUT2D eigenvalue weighted by molar-refractivity contribution is 7.98. The average Bonchev–Trinajstić information content (AvgIpc) is 2.43. The van der Waals surface area contributed by atoms with Crippen LogP contribution in [-0.4, -0.2) is 38.1 Å². The Kier molecular flexibility index (Phi) is 6.93. The first-order valence-electron chi connectivity index (χ1n) is 7.00. The number of rotatable bonds is 6. The van der Waals surface area contributed by atoms with Crippen molar-refractivity contribution in [3.05, 3.63) is 35.4 Å². The van der Waals surface area contributed by atoms with E-state index >= 15 is 0 Å². The molecular weight excluding hydrogens is 266 g/mol. The lowest BCUT2D eigenvalue weighted by atomic mass is 9.84. The maximum Gasteiger partial charge on any atom is 0.191 e. The van der Waals surface area contributed by atoms with Gasteiger partial charge >= 0.3 is 0 Å². The van der Waals surface area contributed by atoms with Gasteiger partial charge in [0.2, 0.25) is 0 Å². The van der Waals surface area contributed by atoms with Crippen LogP contribution < -0.4 is 10.6 Å². The predicted molar refractivity (Wildman–Crippen MR) is 92.0 cm³/mol. The van der Waals surface area contributed by atoms with E-state index < -0.39 is 0 Å². The molecule has 1 aromatic carbocycles. The van der Waals surface area contributed by atoms with E-state index in [9.17, 15) is 0 Å².